The average Bonchev–Trinajstić information content (AvgIpc) is 3.66. The van der Waals surface area contributed by atoms with E-state index in [0.717, 1.165) is 27.8 Å². The van der Waals surface area contributed by atoms with Crippen molar-refractivity contribution in [3.8, 4) is 39.8 Å². The number of aromatic nitrogens is 5. The van der Waals surface area contributed by atoms with Gasteiger partial charge in [-0.25, -0.2) is 18.7 Å². The molecule has 11 nitrogen and oxygen atoms in total. The summed E-state index contributed by atoms with van der Waals surface area (Å²) in [7, 11) is 1.80. The van der Waals surface area contributed by atoms with Gasteiger partial charge >= 0.3 is 0 Å². The summed E-state index contributed by atoms with van der Waals surface area (Å²) in [6, 6.07) is 19.3. The Labute approximate surface area is 264 Å². The van der Waals surface area contributed by atoms with Crippen LogP contribution in [-0.4, -0.2) is 30.2 Å². The van der Waals surface area contributed by atoms with Crippen LogP contribution in [0.25, 0.3) is 39.2 Å². The lowest BCUT2D eigenvalue weighted by Gasteiger charge is -2.11. The van der Waals surface area contributed by atoms with Gasteiger partial charge in [-0.3, -0.25) is 18.8 Å². The zero-order chi connectivity index (χ0) is 32.7. The molecule has 0 unspecified atom stereocenters. The summed E-state index contributed by atoms with van der Waals surface area (Å²) in [5.41, 5.74) is 8.30. The van der Waals surface area contributed by atoms with Gasteiger partial charge in [-0.15, -0.1) is 0 Å². The molecule has 0 saturated carbocycles. The molecule has 0 spiro atoms. The number of rotatable bonds is 7. The molecular formula is C34H23F2N7O4. The van der Waals surface area contributed by atoms with Crippen LogP contribution in [0, 0.1) is 11.6 Å². The fraction of sp³-hybridized carbons (Fsp3) is 0.0294. The lowest BCUT2D eigenvalue weighted by molar-refractivity contribution is 0.102. The lowest BCUT2D eigenvalue weighted by Crippen LogP contribution is -2.28. The number of nitrogens with zero attached hydrogens (tertiary/aromatic N) is 5. The summed E-state index contributed by atoms with van der Waals surface area (Å²) in [6.07, 6.45) is 6.13. The van der Waals surface area contributed by atoms with E-state index in [1.54, 1.807) is 48.3 Å². The Kier molecular flexibility index (Phi) is 7.25. The van der Waals surface area contributed by atoms with Crippen LogP contribution in [0.1, 0.15) is 10.4 Å². The number of carbonyl (C=O) groups is 1. The number of ether oxygens (including phenoxy) is 1. The number of hydrogen-bond acceptors (Lipinski definition) is 8. The second kappa shape index (κ2) is 11.7. The van der Waals surface area contributed by atoms with Crippen molar-refractivity contribution in [1.29, 1.82) is 0 Å². The molecule has 0 aliphatic heterocycles. The van der Waals surface area contributed by atoms with Gasteiger partial charge in [0.1, 0.15) is 40.4 Å². The van der Waals surface area contributed by atoms with Crippen molar-refractivity contribution < 1.29 is 22.7 Å². The third-order valence-corrected chi connectivity index (χ3v) is 7.28. The van der Waals surface area contributed by atoms with E-state index in [1.165, 1.54) is 24.7 Å². The van der Waals surface area contributed by atoms with Crippen molar-refractivity contribution in [1.82, 2.24) is 24.3 Å². The second-order valence-electron chi connectivity index (χ2n) is 10.5. The minimum atomic E-state index is -0.940. The summed E-state index contributed by atoms with van der Waals surface area (Å²) in [6.45, 7) is 0. The molecule has 0 aliphatic rings. The molecule has 3 N–H and O–H groups in total. The molecule has 3 aromatic carbocycles. The fourth-order valence-corrected chi connectivity index (χ4v) is 5.15. The number of halogens is 2. The maximum atomic E-state index is 14.3. The van der Waals surface area contributed by atoms with Crippen LogP contribution in [0.5, 0.6) is 11.6 Å². The number of carbonyl (C=O) groups excluding carboxylic acids is 1. The van der Waals surface area contributed by atoms with Crippen LogP contribution in [0.3, 0.4) is 0 Å². The maximum Gasteiger partial charge on any atom is 0.268 e. The van der Waals surface area contributed by atoms with Gasteiger partial charge in [0.05, 0.1) is 17.4 Å². The molecule has 1 amide bonds. The summed E-state index contributed by atoms with van der Waals surface area (Å²) in [5.74, 6) is -1.31. The van der Waals surface area contributed by atoms with Crippen LogP contribution in [0.15, 0.2) is 113 Å². The van der Waals surface area contributed by atoms with Crippen molar-refractivity contribution in [3.05, 3.63) is 131 Å². The molecule has 47 heavy (non-hydrogen) atoms. The fourth-order valence-electron chi connectivity index (χ4n) is 5.15. The van der Waals surface area contributed by atoms with Crippen molar-refractivity contribution in [2.45, 2.75) is 0 Å². The lowest BCUT2D eigenvalue weighted by atomic mass is 10.0. The smallest absolute Gasteiger partial charge is 0.268 e. The molecule has 7 rings (SSSR count). The number of furan rings is 1. The molecule has 0 bridgehead atoms. The highest BCUT2D eigenvalue weighted by atomic mass is 19.1. The van der Waals surface area contributed by atoms with Crippen LogP contribution in [0.2, 0.25) is 0 Å². The van der Waals surface area contributed by atoms with E-state index >= 15 is 0 Å². The molecule has 0 atom stereocenters. The van der Waals surface area contributed by atoms with E-state index in [2.05, 4.69) is 20.4 Å². The molecular weight excluding hydrogens is 608 g/mol. The molecule has 13 heteroatoms. The number of nitrogen functional groups attached to an aromatic ring is 1. The van der Waals surface area contributed by atoms with Gasteiger partial charge in [0, 0.05) is 42.4 Å². The summed E-state index contributed by atoms with van der Waals surface area (Å²) in [5, 5.41) is 7.45. The molecule has 4 aromatic heterocycles. The zero-order valence-corrected chi connectivity index (χ0v) is 24.5. The Morgan fingerprint density at radius 2 is 1.81 bits per heavy atom. The van der Waals surface area contributed by atoms with E-state index in [9.17, 15) is 18.4 Å². The minimum Gasteiger partial charge on any atom is -0.438 e. The van der Waals surface area contributed by atoms with Crippen molar-refractivity contribution in [2.75, 3.05) is 11.1 Å². The molecule has 232 valence electrons. The van der Waals surface area contributed by atoms with Gasteiger partial charge in [-0.1, -0.05) is 12.1 Å². The highest BCUT2D eigenvalue weighted by Crippen LogP contribution is 2.44. The summed E-state index contributed by atoms with van der Waals surface area (Å²) >= 11 is 0. The first kappa shape index (κ1) is 29.1. The van der Waals surface area contributed by atoms with Gasteiger partial charge in [-0.05, 0) is 66.2 Å². The topological polar surface area (TPSA) is 143 Å². The monoisotopic (exact) mass is 631 g/mol. The van der Waals surface area contributed by atoms with E-state index < -0.39 is 23.1 Å². The Bertz CT molecular complexity index is 2360. The van der Waals surface area contributed by atoms with E-state index in [4.69, 9.17) is 14.9 Å². The van der Waals surface area contributed by atoms with Gasteiger partial charge in [0.2, 0.25) is 11.6 Å². The van der Waals surface area contributed by atoms with Crippen molar-refractivity contribution >= 4 is 28.4 Å². The number of pyridine rings is 1. The van der Waals surface area contributed by atoms with Crippen molar-refractivity contribution in [2.24, 2.45) is 7.05 Å². The number of fused-ring (bicyclic) bond motifs is 1. The second-order valence-corrected chi connectivity index (χ2v) is 10.5. The van der Waals surface area contributed by atoms with Gasteiger partial charge < -0.3 is 20.2 Å². The van der Waals surface area contributed by atoms with E-state index in [0.29, 0.717) is 45.6 Å². The number of hydrogen-bond donors (Lipinski definition) is 2. The molecule has 0 saturated heterocycles. The average molecular weight is 632 g/mol. The van der Waals surface area contributed by atoms with Crippen LogP contribution < -0.4 is 21.3 Å². The highest BCUT2D eigenvalue weighted by Gasteiger charge is 2.24. The largest absolute Gasteiger partial charge is 0.438 e. The number of benzene rings is 3. The first-order chi connectivity index (χ1) is 22.7. The van der Waals surface area contributed by atoms with Crippen LogP contribution in [-0.2, 0) is 7.05 Å². The third-order valence-electron chi connectivity index (χ3n) is 7.28. The molecule has 0 radical (unpaired) electrons. The third kappa shape index (κ3) is 5.57. The van der Waals surface area contributed by atoms with Crippen LogP contribution in [0.4, 0.5) is 20.2 Å². The van der Waals surface area contributed by atoms with Crippen LogP contribution >= 0.6 is 0 Å². The summed E-state index contributed by atoms with van der Waals surface area (Å²) < 4.78 is 42.7. The normalized spacial score (nSPS) is 11.1. The summed E-state index contributed by atoms with van der Waals surface area (Å²) in [4.78, 5) is 34.8. The number of aryl methyl sites for hydroxylation is 1. The number of nitrogens with two attached hydrogens (primary N) is 1. The first-order valence-electron chi connectivity index (χ1n) is 14.1. The molecule has 4 heterocycles. The maximum absolute atomic E-state index is 14.3. The van der Waals surface area contributed by atoms with E-state index in [1.807, 2.05) is 24.4 Å². The van der Waals surface area contributed by atoms with Gasteiger partial charge in [-0.2, -0.15) is 5.10 Å². The Morgan fingerprint density at radius 1 is 0.979 bits per heavy atom. The quantitative estimate of drug-likeness (QED) is 0.194. The van der Waals surface area contributed by atoms with Gasteiger partial charge in [0.15, 0.2) is 0 Å². The van der Waals surface area contributed by atoms with Gasteiger partial charge in [0.25, 0.3) is 11.5 Å². The number of anilines is 2. The molecule has 0 fully saturated rings. The SMILES string of the molecule is Cn1cc(-c2oc3ncnc(Oc4ccc(NC(=O)c5cccn(-c6ccc(F)cc6F)c5=O)cc4)c3c2-c2cccc(N)c2)cn1. The van der Waals surface area contributed by atoms with Crippen molar-refractivity contribution in [3.63, 3.8) is 0 Å². The highest BCUT2D eigenvalue weighted by molar-refractivity contribution is 6.04. The predicted molar refractivity (Wildman–Crippen MR) is 170 cm³/mol. The Hall–Kier alpha value is -6.63. The zero-order valence-electron chi connectivity index (χ0n) is 24.5. The minimum absolute atomic E-state index is 0.185. The first-order valence-corrected chi connectivity index (χ1v) is 14.1. The molecule has 7 aromatic rings. The Balaban J connectivity index is 1.18. The number of amides is 1. The predicted octanol–water partition coefficient (Wildman–Crippen LogP) is 6.35. The Morgan fingerprint density at radius 3 is 2.55 bits per heavy atom. The van der Waals surface area contributed by atoms with E-state index in [-0.39, 0.29) is 17.1 Å². The standard InChI is InChI=1S/C34H23F2N7O4/c1-42-17-20(16-40-42)30-28(19-4-2-5-22(37)14-19)29-32(38-18-39-33(29)47-30)46-24-10-8-23(9-11-24)41-31(44)25-6-3-13-43(34(25)45)27-12-7-21(35)15-26(27)36/h2-18H,37H2,1H3,(H,41,44). The number of nitrogens with one attached hydrogen (secondary N) is 1. The molecule has 0 aliphatic carbocycles.